The van der Waals surface area contributed by atoms with Crippen molar-refractivity contribution in [3.8, 4) is 5.75 Å². The number of hydrogen-bond donors (Lipinski definition) is 3. The fraction of sp³-hybridized carbons (Fsp3) is 0.273. The molecule has 0 saturated carbocycles. The lowest BCUT2D eigenvalue weighted by atomic mass is 10.1. The normalized spacial score (nSPS) is 11.0. The van der Waals surface area contributed by atoms with Crippen LogP contribution >= 0.6 is 0 Å². The molecule has 3 aromatic rings. The van der Waals surface area contributed by atoms with Crippen LogP contribution in [0.25, 0.3) is 10.9 Å². The zero-order valence-corrected chi connectivity index (χ0v) is 16.0. The minimum Gasteiger partial charge on any atom is -0.489 e. The molecule has 6 heteroatoms. The highest BCUT2D eigenvalue weighted by Crippen LogP contribution is 2.27. The van der Waals surface area contributed by atoms with Crippen molar-refractivity contribution < 1.29 is 19.4 Å². The number of carboxylic acids is 1. The number of carbonyl (C=O) groups excluding carboxylic acids is 1. The number of benzene rings is 2. The van der Waals surface area contributed by atoms with Crippen molar-refractivity contribution >= 4 is 28.5 Å². The zero-order chi connectivity index (χ0) is 20.1. The quantitative estimate of drug-likeness (QED) is 0.532. The maximum absolute atomic E-state index is 12.4. The summed E-state index contributed by atoms with van der Waals surface area (Å²) < 4.78 is 5.68. The van der Waals surface area contributed by atoms with Crippen LogP contribution in [0, 0.1) is 0 Å². The molecule has 146 valence electrons. The third kappa shape index (κ3) is 4.71. The summed E-state index contributed by atoms with van der Waals surface area (Å²) in [6, 6.07) is 12.5. The van der Waals surface area contributed by atoms with E-state index in [-0.39, 0.29) is 17.6 Å². The number of carboxylic acid groups (broad SMARTS) is 1. The summed E-state index contributed by atoms with van der Waals surface area (Å²) in [6.45, 7) is 3.75. The minimum atomic E-state index is -1.05. The molecule has 1 amide bonds. The van der Waals surface area contributed by atoms with Crippen molar-refractivity contribution in [2.45, 2.75) is 39.2 Å². The Hall–Kier alpha value is -3.28. The van der Waals surface area contributed by atoms with Gasteiger partial charge in [0.25, 0.3) is 0 Å². The first-order chi connectivity index (χ1) is 13.4. The van der Waals surface area contributed by atoms with E-state index >= 15 is 0 Å². The van der Waals surface area contributed by atoms with Gasteiger partial charge in [0, 0.05) is 23.5 Å². The highest BCUT2D eigenvalue weighted by Gasteiger charge is 2.13. The second kappa shape index (κ2) is 8.61. The number of aromatic nitrogens is 1. The Kier molecular flexibility index (Phi) is 5.99. The molecular weight excluding hydrogens is 356 g/mol. The van der Waals surface area contributed by atoms with Gasteiger partial charge in [-0.05, 0) is 56.5 Å². The minimum absolute atomic E-state index is 0.0896. The van der Waals surface area contributed by atoms with Crippen molar-refractivity contribution in [1.29, 1.82) is 0 Å². The van der Waals surface area contributed by atoms with Crippen LogP contribution in [0.3, 0.4) is 0 Å². The van der Waals surface area contributed by atoms with E-state index in [4.69, 9.17) is 4.74 Å². The van der Waals surface area contributed by atoms with Crippen LogP contribution in [0.5, 0.6) is 5.75 Å². The van der Waals surface area contributed by atoms with Crippen molar-refractivity contribution in [3.63, 3.8) is 0 Å². The molecule has 1 aromatic heterocycles. The van der Waals surface area contributed by atoms with Crippen molar-refractivity contribution in [3.05, 3.63) is 59.8 Å². The first kappa shape index (κ1) is 19.5. The highest BCUT2D eigenvalue weighted by atomic mass is 16.5. The van der Waals surface area contributed by atoms with Gasteiger partial charge in [-0.3, -0.25) is 4.79 Å². The highest BCUT2D eigenvalue weighted by molar-refractivity contribution is 5.95. The molecule has 2 aromatic carbocycles. The predicted octanol–water partition coefficient (Wildman–Crippen LogP) is 4.61. The SMILES string of the molecule is CC(C)Oc1ccc(C(=O)O)cc1NC(=O)CCCc1c[nH]c2ccccc12. The average Bonchev–Trinajstić information content (AvgIpc) is 3.06. The number of aromatic amines is 1. The van der Waals surface area contributed by atoms with Gasteiger partial charge in [0.15, 0.2) is 0 Å². The number of carbonyl (C=O) groups is 2. The van der Waals surface area contributed by atoms with Gasteiger partial charge in [0.2, 0.25) is 5.91 Å². The number of H-pyrrole nitrogens is 1. The van der Waals surface area contributed by atoms with Crippen LogP contribution in [0.1, 0.15) is 42.6 Å². The fourth-order valence-electron chi connectivity index (χ4n) is 3.11. The number of fused-ring (bicyclic) bond motifs is 1. The molecule has 0 aliphatic carbocycles. The summed E-state index contributed by atoms with van der Waals surface area (Å²) in [6.07, 6.45) is 3.69. The average molecular weight is 380 g/mol. The lowest BCUT2D eigenvalue weighted by Crippen LogP contribution is -2.15. The Bertz CT molecular complexity index is 991. The monoisotopic (exact) mass is 380 g/mol. The number of aryl methyl sites for hydroxylation is 1. The molecule has 1 heterocycles. The van der Waals surface area contributed by atoms with E-state index in [1.54, 1.807) is 6.07 Å². The molecule has 3 rings (SSSR count). The number of ether oxygens (including phenoxy) is 1. The topological polar surface area (TPSA) is 91.4 Å². The van der Waals surface area contributed by atoms with E-state index in [0.717, 1.165) is 11.9 Å². The molecule has 3 N–H and O–H groups in total. The number of para-hydroxylation sites is 1. The second-order valence-corrected chi connectivity index (χ2v) is 6.94. The van der Waals surface area contributed by atoms with Crippen molar-refractivity contribution in [2.24, 2.45) is 0 Å². The van der Waals surface area contributed by atoms with Gasteiger partial charge < -0.3 is 20.1 Å². The lowest BCUT2D eigenvalue weighted by Gasteiger charge is -2.15. The molecule has 0 atom stereocenters. The largest absolute Gasteiger partial charge is 0.489 e. The third-order valence-electron chi connectivity index (χ3n) is 4.39. The van der Waals surface area contributed by atoms with Gasteiger partial charge in [-0.2, -0.15) is 0 Å². The molecule has 0 fully saturated rings. The molecule has 0 spiro atoms. The van der Waals surface area contributed by atoms with Gasteiger partial charge in [-0.25, -0.2) is 4.79 Å². The standard InChI is InChI=1S/C22H24N2O4/c1-14(2)28-20-11-10-15(22(26)27)12-19(20)24-21(25)9-5-6-16-13-23-18-8-4-3-7-17(16)18/h3-4,7-8,10-14,23H,5-6,9H2,1-2H3,(H,24,25)(H,26,27). The van der Waals surface area contributed by atoms with E-state index in [9.17, 15) is 14.7 Å². The maximum atomic E-state index is 12.4. The summed E-state index contributed by atoms with van der Waals surface area (Å²) in [4.78, 5) is 26.9. The van der Waals surface area contributed by atoms with Crippen LogP contribution in [0.2, 0.25) is 0 Å². The predicted molar refractivity (Wildman–Crippen MR) is 109 cm³/mol. The van der Waals surface area contributed by atoms with Gasteiger partial charge in [-0.15, -0.1) is 0 Å². The number of amides is 1. The molecule has 6 nitrogen and oxygen atoms in total. The molecule has 28 heavy (non-hydrogen) atoms. The molecule has 0 saturated heterocycles. The van der Waals surface area contributed by atoms with Crippen LogP contribution < -0.4 is 10.1 Å². The first-order valence-corrected chi connectivity index (χ1v) is 9.33. The Morgan fingerprint density at radius 1 is 1.18 bits per heavy atom. The Morgan fingerprint density at radius 2 is 1.96 bits per heavy atom. The molecule has 0 unspecified atom stereocenters. The number of aromatic carboxylic acids is 1. The summed E-state index contributed by atoms with van der Waals surface area (Å²) in [7, 11) is 0. The third-order valence-corrected chi connectivity index (χ3v) is 4.39. The summed E-state index contributed by atoms with van der Waals surface area (Å²) in [5, 5.41) is 13.2. The van der Waals surface area contributed by atoms with E-state index in [0.29, 0.717) is 24.3 Å². The van der Waals surface area contributed by atoms with E-state index in [2.05, 4.69) is 16.4 Å². The summed E-state index contributed by atoms with van der Waals surface area (Å²) >= 11 is 0. The molecule has 0 aliphatic heterocycles. The Labute approximate surface area is 163 Å². The van der Waals surface area contributed by atoms with Gasteiger partial charge >= 0.3 is 5.97 Å². The van der Waals surface area contributed by atoms with Crippen LogP contribution in [0.15, 0.2) is 48.7 Å². The lowest BCUT2D eigenvalue weighted by molar-refractivity contribution is -0.116. The summed E-state index contributed by atoms with van der Waals surface area (Å²) in [5.41, 5.74) is 2.75. The van der Waals surface area contributed by atoms with E-state index < -0.39 is 5.97 Å². The second-order valence-electron chi connectivity index (χ2n) is 6.94. The molecule has 0 radical (unpaired) electrons. The smallest absolute Gasteiger partial charge is 0.335 e. The first-order valence-electron chi connectivity index (χ1n) is 9.33. The van der Waals surface area contributed by atoms with Crippen LogP contribution in [-0.4, -0.2) is 28.1 Å². The number of anilines is 1. The van der Waals surface area contributed by atoms with Gasteiger partial charge in [0.05, 0.1) is 17.4 Å². The molecular formula is C22H24N2O4. The molecule has 0 aliphatic rings. The van der Waals surface area contributed by atoms with Crippen molar-refractivity contribution in [2.75, 3.05) is 5.32 Å². The molecule has 0 bridgehead atoms. The maximum Gasteiger partial charge on any atom is 0.335 e. The van der Waals surface area contributed by atoms with Crippen LogP contribution in [-0.2, 0) is 11.2 Å². The van der Waals surface area contributed by atoms with E-state index in [1.165, 1.54) is 23.1 Å². The number of rotatable bonds is 8. The van der Waals surface area contributed by atoms with E-state index in [1.807, 2.05) is 38.2 Å². The van der Waals surface area contributed by atoms with Crippen LogP contribution in [0.4, 0.5) is 5.69 Å². The Morgan fingerprint density at radius 3 is 2.71 bits per heavy atom. The number of hydrogen-bond acceptors (Lipinski definition) is 3. The van der Waals surface area contributed by atoms with Gasteiger partial charge in [0.1, 0.15) is 5.75 Å². The number of nitrogens with one attached hydrogen (secondary N) is 2. The van der Waals surface area contributed by atoms with Crippen molar-refractivity contribution in [1.82, 2.24) is 4.98 Å². The fourth-order valence-corrected chi connectivity index (χ4v) is 3.11. The van der Waals surface area contributed by atoms with Gasteiger partial charge in [-0.1, -0.05) is 18.2 Å². The summed E-state index contributed by atoms with van der Waals surface area (Å²) in [5.74, 6) is -0.758. The zero-order valence-electron chi connectivity index (χ0n) is 16.0. The Balaban J connectivity index is 1.63.